The van der Waals surface area contributed by atoms with Crippen molar-refractivity contribution in [3.63, 3.8) is 0 Å². The highest BCUT2D eigenvalue weighted by atomic mass is 32.2. The first-order chi connectivity index (χ1) is 7.29. The summed E-state index contributed by atoms with van der Waals surface area (Å²) in [5, 5.41) is 0. The van der Waals surface area contributed by atoms with Crippen LogP contribution < -0.4 is 0 Å². The zero-order valence-electron chi connectivity index (χ0n) is 9.79. The molecule has 0 saturated carbocycles. The van der Waals surface area contributed by atoms with E-state index in [1.165, 1.54) is 23.3 Å². The van der Waals surface area contributed by atoms with Crippen LogP contribution in [0.1, 0.15) is 32.3 Å². The second kappa shape index (κ2) is 6.67. The van der Waals surface area contributed by atoms with Gasteiger partial charge in [-0.3, -0.25) is 4.99 Å². The Labute approximate surface area is 97.0 Å². The molecule has 0 amide bonds. The van der Waals surface area contributed by atoms with Gasteiger partial charge in [0.05, 0.1) is 0 Å². The Morgan fingerprint density at radius 2 is 2.07 bits per heavy atom. The van der Waals surface area contributed by atoms with Gasteiger partial charge in [0.15, 0.2) is 0 Å². The third kappa shape index (κ3) is 3.71. The lowest BCUT2D eigenvalue weighted by Gasteiger charge is -2.06. The monoisotopic (exact) mass is 221 g/mol. The van der Waals surface area contributed by atoms with E-state index in [4.69, 9.17) is 0 Å². The van der Waals surface area contributed by atoms with Crippen molar-refractivity contribution in [1.29, 1.82) is 0 Å². The van der Waals surface area contributed by atoms with Crippen LogP contribution in [0.5, 0.6) is 0 Å². The first-order valence-corrected chi connectivity index (χ1v) is 6.66. The summed E-state index contributed by atoms with van der Waals surface area (Å²) in [6.07, 6.45) is 4.50. The van der Waals surface area contributed by atoms with Crippen LogP contribution in [0.2, 0.25) is 0 Å². The smallest absolute Gasteiger partial charge is 0.0400 e. The fraction of sp³-hybridized carbons (Fsp3) is 0.462. The summed E-state index contributed by atoms with van der Waals surface area (Å²) in [4.78, 5) is 5.91. The van der Waals surface area contributed by atoms with E-state index in [1.807, 2.05) is 0 Å². The second-order valence-corrected chi connectivity index (χ2v) is 4.37. The number of nitrogens with zero attached hydrogens (tertiary/aromatic N) is 1. The summed E-state index contributed by atoms with van der Waals surface area (Å²) in [5.74, 6) is 0. The van der Waals surface area contributed by atoms with E-state index in [-0.39, 0.29) is 0 Å². The molecule has 1 rings (SSSR count). The fourth-order valence-electron chi connectivity index (χ4n) is 1.43. The molecule has 0 aromatic heterocycles. The Balaban J connectivity index is 2.80. The maximum absolute atomic E-state index is 4.60. The second-order valence-electron chi connectivity index (χ2n) is 3.52. The van der Waals surface area contributed by atoms with Crippen LogP contribution in [-0.2, 0) is 0 Å². The maximum Gasteiger partial charge on any atom is 0.0400 e. The lowest BCUT2D eigenvalue weighted by atomic mass is 10.1. The Hall–Kier alpha value is -0.760. The molecule has 0 aliphatic rings. The molecule has 0 spiro atoms. The van der Waals surface area contributed by atoms with Crippen molar-refractivity contribution in [2.24, 2.45) is 4.99 Å². The number of aliphatic imine (C=N–C) groups is 1. The summed E-state index contributed by atoms with van der Waals surface area (Å²) in [5.41, 5.74) is 2.44. The summed E-state index contributed by atoms with van der Waals surface area (Å²) in [7, 11) is 0. The zero-order chi connectivity index (χ0) is 11.1. The molecular formula is C13H19NS. The van der Waals surface area contributed by atoms with E-state index in [1.54, 1.807) is 11.8 Å². The molecule has 0 N–H and O–H groups in total. The Bertz CT molecular complexity index is 331. The molecule has 0 aliphatic heterocycles. The predicted octanol–water partition coefficient (Wildman–Crippen LogP) is 4.02. The number of unbranched alkanes of at least 4 members (excludes halogenated alkanes) is 1. The van der Waals surface area contributed by atoms with Crippen LogP contribution in [0.3, 0.4) is 0 Å². The molecular weight excluding hydrogens is 202 g/mol. The fourth-order valence-corrected chi connectivity index (χ4v) is 2.08. The lowest BCUT2D eigenvalue weighted by Crippen LogP contribution is -1.98. The van der Waals surface area contributed by atoms with E-state index in [0.717, 1.165) is 12.3 Å². The van der Waals surface area contributed by atoms with Crippen molar-refractivity contribution in [1.82, 2.24) is 0 Å². The Kier molecular flexibility index (Phi) is 5.48. The minimum Gasteiger partial charge on any atom is -0.289 e. The lowest BCUT2D eigenvalue weighted by molar-refractivity contribution is 0.807. The molecule has 15 heavy (non-hydrogen) atoms. The van der Waals surface area contributed by atoms with Gasteiger partial charge >= 0.3 is 0 Å². The molecule has 0 atom stereocenters. The quantitative estimate of drug-likeness (QED) is 0.415. The molecule has 0 bridgehead atoms. The van der Waals surface area contributed by atoms with Gasteiger partial charge in [-0.25, -0.2) is 0 Å². The number of hydrogen-bond acceptors (Lipinski definition) is 2. The molecule has 82 valence electrons. The summed E-state index contributed by atoms with van der Waals surface area (Å²) < 4.78 is 0. The van der Waals surface area contributed by atoms with Crippen molar-refractivity contribution in [2.75, 3.05) is 12.8 Å². The van der Waals surface area contributed by atoms with E-state index in [0.29, 0.717) is 0 Å². The van der Waals surface area contributed by atoms with E-state index < -0.39 is 0 Å². The van der Waals surface area contributed by atoms with Gasteiger partial charge in [-0.15, -0.1) is 11.8 Å². The Morgan fingerprint density at radius 1 is 1.33 bits per heavy atom. The molecule has 1 aromatic rings. The minimum absolute atomic E-state index is 0.949. The average molecular weight is 221 g/mol. The molecule has 2 heteroatoms. The topological polar surface area (TPSA) is 12.4 Å². The highest BCUT2D eigenvalue weighted by Gasteiger charge is 2.02. The normalized spacial score (nSPS) is 11.8. The van der Waals surface area contributed by atoms with Crippen LogP contribution in [-0.4, -0.2) is 18.5 Å². The van der Waals surface area contributed by atoms with Crippen LogP contribution in [0, 0.1) is 0 Å². The van der Waals surface area contributed by atoms with Crippen molar-refractivity contribution >= 4 is 17.5 Å². The standard InChI is InChI=1S/C13H19NS/c1-4-5-10-14-11(2)12-8-6-7-9-13(12)15-3/h6-9H,4-5,10H2,1-3H3. The van der Waals surface area contributed by atoms with Crippen molar-refractivity contribution < 1.29 is 0 Å². The number of benzene rings is 1. The van der Waals surface area contributed by atoms with Crippen LogP contribution >= 0.6 is 11.8 Å². The summed E-state index contributed by atoms with van der Waals surface area (Å²) >= 11 is 1.78. The maximum atomic E-state index is 4.60. The van der Waals surface area contributed by atoms with Crippen LogP contribution in [0.15, 0.2) is 34.2 Å². The van der Waals surface area contributed by atoms with Gasteiger partial charge in [0.1, 0.15) is 0 Å². The minimum atomic E-state index is 0.949. The van der Waals surface area contributed by atoms with Gasteiger partial charge in [0.25, 0.3) is 0 Å². The molecule has 0 heterocycles. The molecule has 0 unspecified atom stereocenters. The van der Waals surface area contributed by atoms with Crippen LogP contribution in [0.4, 0.5) is 0 Å². The van der Waals surface area contributed by atoms with Gasteiger partial charge in [-0.05, 0) is 25.7 Å². The van der Waals surface area contributed by atoms with Gasteiger partial charge < -0.3 is 0 Å². The van der Waals surface area contributed by atoms with Crippen molar-refractivity contribution in [2.45, 2.75) is 31.6 Å². The molecule has 0 aliphatic carbocycles. The Morgan fingerprint density at radius 3 is 2.73 bits per heavy atom. The molecule has 1 aromatic carbocycles. The molecule has 0 radical (unpaired) electrons. The predicted molar refractivity (Wildman–Crippen MR) is 70.2 cm³/mol. The molecule has 0 saturated heterocycles. The highest BCUT2D eigenvalue weighted by Crippen LogP contribution is 2.20. The van der Waals surface area contributed by atoms with E-state index >= 15 is 0 Å². The number of thioether (sulfide) groups is 1. The van der Waals surface area contributed by atoms with E-state index in [9.17, 15) is 0 Å². The molecule has 1 nitrogen and oxygen atoms in total. The summed E-state index contributed by atoms with van der Waals surface area (Å²) in [6.45, 7) is 5.25. The first-order valence-electron chi connectivity index (χ1n) is 5.44. The van der Waals surface area contributed by atoms with Crippen LogP contribution in [0.25, 0.3) is 0 Å². The molecule has 0 fully saturated rings. The van der Waals surface area contributed by atoms with Crippen molar-refractivity contribution in [3.05, 3.63) is 29.8 Å². The van der Waals surface area contributed by atoms with Gasteiger partial charge in [-0.1, -0.05) is 31.5 Å². The zero-order valence-corrected chi connectivity index (χ0v) is 10.6. The number of hydrogen-bond donors (Lipinski definition) is 0. The SMILES string of the molecule is CCCCN=C(C)c1ccccc1SC. The average Bonchev–Trinajstić information content (AvgIpc) is 2.29. The van der Waals surface area contributed by atoms with Crippen molar-refractivity contribution in [3.8, 4) is 0 Å². The van der Waals surface area contributed by atoms with Gasteiger partial charge in [0.2, 0.25) is 0 Å². The first kappa shape index (κ1) is 12.3. The summed E-state index contributed by atoms with van der Waals surface area (Å²) in [6, 6.07) is 8.46. The number of rotatable bonds is 5. The third-order valence-corrected chi connectivity index (χ3v) is 3.15. The highest BCUT2D eigenvalue weighted by molar-refractivity contribution is 7.98. The third-order valence-electron chi connectivity index (χ3n) is 2.36. The largest absolute Gasteiger partial charge is 0.289 e. The van der Waals surface area contributed by atoms with E-state index in [2.05, 4.69) is 49.4 Å². The van der Waals surface area contributed by atoms with Gasteiger partial charge in [0, 0.05) is 22.7 Å². The van der Waals surface area contributed by atoms with Gasteiger partial charge in [-0.2, -0.15) is 0 Å².